The Morgan fingerprint density at radius 2 is 2.50 bits per heavy atom. The third-order valence-corrected chi connectivity index (χ3v) is 3.60. The van der Waals surface area contributed by atoms with Crippen LogP contribution in [0, 0.1) is 5.92 Å². The minimum atomic E-state index is 0.475. The molecule has 1 fully saturated rings. The molecule has 0 radical (unpaired) electrons. The zero-order valence-electron chi connectivity index (χ0n) is 8.76. The van der Waals surface area contributed by atoms with Crippen LogP contribution in [0.25, 0.3) is 4.96 Å². The predicted molar refractivity (Wildman–Crippen MR) is 61.3 cm³/mol. The van der Waals surface area contributed by atoms with Crippen molar-refractivity contribution in [2.45, 2.75) is 19.3 Å². The molecule has 0 N–H and O–H groups in total. The molecule has 0 unspecified atom stereocenters. The summed E-state index contributed by atoms with van der Waals surface area (Å²) in [7, 11) is 0. The average Bonchev–Trinajstić information content (AvgIpc) is 2.87. The van der Waals surface area contributed by atoms with Gasteiger partial charge in [0, 0.05) is 11.6 Å². The van der Waals surface area contributed by atoms with Gasteiger partial charge in [0.25, 0.3) is 0 Å². The molecule has 0 aliphatic heterocycles. The van der Waals surface area contributed by atoms with Crippen LogP contribution < -0.4 is 4.74 Å². The monoisotopic (exact) mass is 236 g/mol. The van der Waals surface area contributed by atoms with Gasteiger partial charge in [0.2, 0.25) is 5.88 Å². The number of aromatic nitrogens is 2. The number of hydrogen-bond donors (Lipinski definition) is 0. The molecule has 0 spiro atoms. The molecule has 0 atom stereocenters. The maximum Gasteiger partial charge on any atom is 0.244 e. The molecule has 4 nitrogen and oxygen atoms in total. The van der Waals surface area contributed by atoms with E-state index in [0.29, 0.717) is 18.2 Å². The van der Waals surface area contributed by atoms with Gasteiger partial charge in [-0.25, -0.2) is 0 Å². The summed E-state index contributed by atoms with van der Waals surface area (Å²) in [5.41, 5.74) is 0.520. The number of fused-ring (bicyclic) bond motifs is 1. The number of ether oxygens (including phenoxy) is 1. The molecule has 0 aromatic carbocycles. The first-order valence-electron chi connectivity index (χ1n) is 5.42. The second-order valence-electron chi connectivity index (χ2n) is 4.06. The van der Waals surface area contributed by atoms with Crippen LogP contribution in [0.2, 0.25) is 0 Å². The van der Waals surface area contributed by atoms with Crippen LogP contribution in [0.4, 0.5) is 0 Å². The fourth-order valence-corrected chi connectivity index (χ4v) is 2.44. The van der Waals surface area contributed by atoms with E-state index in [0.717, 1.165) is 23.6 Å². The Morgan fingerprint density at radius 1 is 1.62 bits per heavy atom. The van der Waals surface area contributed by atoms with Gasteiger partial charge in [0.05, 0.1) is 6.61 Å². The maximum absolute atomic E-state index is 11.0. The smallest absolute Gasteiger partial charge is 0.244 e. The lowest BCUT2D eigenvalue weighted by molar-refractivity contribution is 0.111. The summed E-state index contributed by atoms with van der Waals surface area (Å²) in [4.78, 5) is 16.1. The van der Waals surface area contributed by atoms with E-state index in [1.165, 1.54) is 24.2 Å². The molecule has 2 aromatic rings. The van der Waals surface area contributed by atoms with E-state index in [1.807, 2.05) is 11.6 Å². The molecule has 3 rings (SSSR count). The third kappa shape index (κ3) is 1.71. The number of rotatable bonds is 5. The maximum atomic E-state index is 11.0. The van der Waals surface area contributed by atoms with E-state index in [-0.39, 0.29) is 0 Å². The van der Waals surface area contributed by atoms with Crippen LogP contribution in [-0.4, -0.2) is 22.3 Å². The number of carbonyl (C=O) groups excluding carboxylic acids is 1. The van der Waals surface area contributed by atoms with Crippen molar-refractivity contribution in [3.63, 3.8) is 0 Å². The van der Waals surface area contributed by atoms with Crippen molar-refractivity contribution < 1.29 is 9.53 Å². The van der Waals surface area contributed by atoms with Gasteiger partial charge in [-0.05, 0) is 12.3 Å². The Balaban J connectivity index is 1.78. The molecule has 1 aliphatic carbocycles. The highest BCUT2D eigenvalue weighted by molar-refractivity contribution is 7.15. The van der Waals surface area contributed by atoms with Gasteiger partial charge in [-0.3, -0.25) is 9.20 Å². The van der Waals surface area contributed by atoms with Crippen molar-refractivity contribution in [1.82, 2.24) is 9.38 Å². The Bertz CT molecular complexity index is 513. The summed E-state index contributed by atoms with van der Waals surface area (Å²) >= 11 is 1.50. The summed E-state index contributed by atoms with van der Waals surface area (Å²) in [6.07, 6.45) is 6.36. The molecular weight excluding hydrogens is 224 g/mol. The quantitative estimate of drug-likeness (QED) is 0.749. The summed E-state index contributed by atoms with van der Waals surface area (Å²) in [5.74, 6) is 1.31. The first kappa shape index (κ1) is 9.84. The van der Waals surface area contributed by atoms with E-state index < -0.39 is 0 Å². The SMILES string of the molecule is O=Cc1c(OCCC2CC2)nc2sccn12. The third-order valence-electron chi connectivity index (χ3n) is 2.84. The highest BCUT2D eigenvalue weighted by Gasteiger charge is 2.21. The van der Waals surface area contributed by atoms with Gasteiger partial charge < -0.3 is 4.74 Å². The van der Waals surface area contributed by atoms with E-state index in [1.54, 1.807) is 4.40 Å². The molecule has 2 heterocycles. The summed E-state index contributed by atoms with van der Waals surface area (Å²) in [5, 5.41) is 1.91. The van der Waals surface area contributed by atoms with Crippen molar-refractivity contribution in [2.75, 3.05) is 6.61 Å². The molecule has 2 aromatic heterocycles. The number of nitrogens with zero attached hydrogens (tertiary/aromatic N) is 2. The Hall–Kier alpha value is -1.36. The number of imidazole rings is 1. The van der Waals surface area contributed by atoms with E-state index in [2.05, 4.69) is 4.98 Å². The van der Waals surface area contributed by atoms with Gasteiger partial charge in [0.1, 0.15) is 0 Å². The normalized spacial score (nSPS) is 15.5. The summed E-state index contributed by atoms with van der Waals surface area (Å²) < 4.78 is 7.33. The lowest BCUT2D eigenvalue weighted by Gasteiger charge is -2.01. The molecule has 1 saturated carbocycles. The Labute approximate surface area is 96.9 Å². The summed E-state index contributed by atoms with van der Waals surface area (Å²) in [6, 6.07) is 0. The highest BCUT2D eigenvalue weighted by atomic mass is 32.1. The van der Waals surface area contributed by atoms with Crippen molar-refractivity contribution in [3.8, 4) is 5.88 Å². The molecular formula is C11H12N2O2S. The molecule has 16 heavy (non-hydrogen) atoms. The minimum absolute atomic E-state index is 0.475. The van der Waals surface area contributed by atoms with Gasteiger partial charge in [0.15, 0.2) is 16.9 Å². The van der Waals surface area contributed by atoms with Crippen LogP contribution in [0.5, 0.6) is 5.88 Å². The van der Waals surface area contributed by atoms with E-state index >= 15 is 0 Å². The Kier molecular flexibility index (Phi) is 2.40. The van der Waals surface area contributed by atoms with Crippen LogP contribution >= 0.6 is 11.3 Å². The van der Waals surface area contributed by atoms with Gasteiger partial charge in [-0.2, -0.15) is 4.98 Å². The van der Waals surface area contributed by atoms with Crippen LogP contribution in [0.1, 0.15) is 29.8 Å². The first-order valence-corrected chi connectivity index (χ1v) is 6.30. The van der Waals surface area contributed by atoms with Gasteiger partial charge in [-0.1, -0.05) is 12.8 Å². The minimum Gasteiger partial charge on any atom is -0.476 e. The molecule has 5 heteroatoms. The van der Waals surface area contributed by atoms with Gasteiger partial charge >= 0.3 is 0 Å². The molecule has 0 amide bonds. The Morgan fingerprint density at radius 3 is 3.25 bits per heavy atom. The number of carbonyl (C=O) groups is 1. The largest absolute Gasteiger partial charge is 0.476 e. The fraction of sp³-hybridized carbons (Fsp3) is 0.455. The summed E-state index contributed by atoms with van der Waals surface area (Å²) in [6.45, 7) is 0.663. The zero-order chi connectivity index (χ0) is 11.0. The first-order chi connectivity index (χ1) is 7.88. The van der Waals surface area contributed by atoms with Crippen molar-refractivity contribution in [2.24, 2.45) is 5.92 Å². The number of hydrogen-bond acceptors (Lipinski definition) is 4. The lowest BCUT2D eigenvalue weighted by atomic mass is 10.3. The number of aldehydes is 1. The van der Waals surface area contributed by atoms with Crippen LogP contribution in [0.3, 0.4) is 0 Å². The van der Waals surface area contributed by atoms with Gasteiger partial charge in [-0.15, -0.1) is 11.3 Å². The zero-order valence-corrected chi connectivity index (χ0v) is 9.57. The highest BCUT2D eigenvalue weighted by Crippen LogP contribution is 2.32. The average molecular weight is 236 g/mol. The topological polar surface area (TPSA) is 43.6 Å². The van der Waals surface area contributed by atoms with E-state index in [9.17, 15) is 4.79 Å². The standard InChI is InChI=1S/C11H12N2O2S/c14-7-9-10(15-5-3-8-1-2-8)12-11-13(9)4-6-16-11/h4,6-8H,1-3,5H2. The van der Waals surface area contributed by atoms with Crippen LogP contribution in [-0.2, 0) is 0 Å². The molecule has 0 bridgehead atoms. The fourth-order valence-electron chi connectivity index (χ4n) is 1.73. The van der Waals surface area contributed by atoms with Crippen molar-refractivity contribution in [1.29, 1.82) is 0 Å². The molecule has 1 aliphatic rings. The molecule has 0 saturated heterocycles. The lowest BCUT2D eigenvalue weighted by Crippen LogP contribution is -2.01. The van der Waals surface area contributed by atoms with Crippen LogP contribution in [0.15, 0.2) is 11.6 Å². The second-order valence-corrected chi connectivity index (χ2v) is 4.93. The van der Waals surface area contributed by atoms with E-state index in [4.69, 9.17) is 4.74 Å². The second kappa shape index (κ2) is 3.90. The van der Waals surface area contributed by atoms with Crippen molar-refractivity contribution in [3.05, 3.63) is 17.3 Å². The van der Waals surface area contributed by atoms with Crippen molar-refractivity contribution >= 4 is 22.6 Å². The predicted octanol–water partition coefficient (Wildman–Crippen LogP) is 2.39. The molecule has 84 valence electrons. The number of thiazole rings is 1.